The highest BCUT2D eigenvalue weighted by molar-refractivity contribution is 5.68. The average molecular weight is 253 g/mol. The number of hydrogen-bond acceptors (Lipinski definition) is 3. The first kappa shape index (κ1) is 16.1. The van der Waals surface area contributed by atoms with Gasteiger partial charge in [0.25, 0.3) is 0 Å². The van der Waals surface area contributed by atoms with Crippen molar-refractivity contribution in [3.8, 4) is 0 Å². The second-order valence-electron chi connectivity index (χ2n) is 4.94. The van der Waals surface area contributed by atoms with E-state index in [4.69, 9.17) is 9.84 Å². The predicted molar refractivity (Wildman–Crippen MR) is 60.3 cm³/mol. The summed E-state index contributed by atoms with van der Waals surface area (Å²) >= 11 is 0. The molecule has 1 atom stereocenters. The van der Waals surface area contributed by atoms with Crippen molar-refractivity contribution in [2.45, 2.75) is 38.8 Å². The Kier molecular flexibility index (Phi) is 7.03. The summed E-state index contributed by atoms with van der Waals surface area (Å²) in [5.41, 5.74) is -0.649. The second kappa shape index (κ2) is 7.42. The number of aliphatic hydroxyl groups is 1. The van der Waals surface area contributed by atoms with Crippen molar-refractivity contribution in [3.63, 3.8) is 0 Å². The first-order valence-corrected chi connectivity index (χ1v) is 5.54. The van der Waals surface area contributed by atoms with Crippen LogP contribution in [0.4, 0.5) is 13.6 Å². The molecule has 2 N–H and O–H groups in total. The van der Waals surface area contributed by atoms with Crippen LogP contribution in [0.1, 0.15) is 27.2 Å². The van der Waals surface area contributed by atoms with Gasteiger partial charge in [0.2, 0.25) is 0 Å². The van der Waals surface area contributed by atoms with Crippen LogP contribution in [0.2, 0.25) is 0 Å². The molecule has 0 aromatic rings. The normalized spacial score (nSPS) is 13.6. The van der Waals surface area contributed by atoms with E-state index in [0.717, 1.165) is 0 Å². The van der Waals surface area contributed by atoms with E-state index >= 15 is 0 Å². The molecule has 0 heterocycles. The molecule has 0 saturated carbocycles. The molecule has 0 bridgehead atoms. The van der Waals surface area contributed by atoms with Crippen LogP contribution >= 0.6 is 0 Å². The third-order valence-electron chi connectivity index (χ3n) is 2.00. The summed E-state index contributed by atoms with van der Waals surface area (Å²) in [5, 5.41) is 11.4. The molecule has 4 nitrogen and oxygen atoms in total. The fourth-order valence-corrected chi connectivity index (χ4v) is 1.22. The number of alkyl halides is 2. The van der Waals surface area contributed by atoms with E-state index in [0.29, 0.717) is 0 Å². The smallest absolute Gasteiger partial charge is 0.407 e. The number of nitrogens with one attached hydrogen (secondary N) is 1. The fraction of sp³-hybridized carbons (Fsp3) is 0.909. The molecule has 0 aromatic carbocycles. The van der Waals surface area contributed by atoms with Gasteiger partial charge in [-0.3, -0.25) is 8.78 Å². The van der Waals surface area contributed by atoms with Gasteiger partial charge in [-0.1, -0.05) is 0 Å². The maximum Gasteiger partial charge on any atom is 0.407 e. The summed E-state index contributed by atoms with van der Waals surface area (Å²) in [6.07, 6.45) is -0.657. The Hall–Kier alpha value is -0.910. The Balaban J connectivity index is 4.16. The molecule has 0 aliphatic heterocycles. The molecule has 0 rings (SSSR count). The van der Waals surface area contributed by atoms with Gasteiger partial charge >= 0.3 is 6.09 Å². The number of carbonyl (C=O) groups excluding carboxylic acids is 1. The van der Waals surface area contributed by atoms with E-state index in [1.165, 1.54) is 0 Å². The molecule has 0 radical (unpaired) electrons. The van der Waals surface area contributed by atoms with Gasteiger partial charge in [-0.05, 0) is 27.2 Å². The van der Waals surface area contributed by atoms with Gasteiger partial charge in [0.1, 0.15) is 5.60 Å². The summed E-state index contributed by atoms with van der Waals surface area (Å²) in [6, 6.07) is -0.693. The van der Waals surface area contributed by atoms with Crippen LogP contribution in [-0.4, -0.2) is 42.8 Å². The molecule has 0 aliphatic rings. The van der Waals surface area contributed by atoms with Crippen molar-refractivity contribution in [1.29, 1.82) is 0 Å². The third kappa shape index (κ3) is 7.90. The van der Waals surface area contributed by atoms with E-state index in [-0.39, 0.29) is 13.0 Å². The Morgan fingerprint density at radius 1 is 1.35 bits per heavy atom. The molecular weight excluding hydrogens is 232 g/mol. The standard InChI is InChI=1S/C11H21F2NO3/c1-11(2,3)17-10(16)14-9(7-15)4-8(5-12)6-13/h8-9,15H,4-7H2,1-3H3,(H,14,16). The lowest BCUT2D eigenvalue weighted by atomic mass is 10.0. The highest BCUT2D eigenvalue weighted by Gasteiger charge is 2.21. The Morgan fingerprint density at radius 2 is 1.88 bits per heavy atom. The first-order valence-electron chi connectivity index (χ1n) is 5.54. The van der Waals surface area contributed by atoms with Gasteiger partial charge in [0.05, 0.1) is 26.0 Å². The van der Waals surface area contributed by atoms with E-state index < -0.39 is 37.0 Å². The van der Waals surface area contributed by atoms with Crippen LogP contribution < -0.4 is 5.32 Å². The molecule has 17 heavy (non-hydrogen) atoms. The maximum absolute atomic E-state index is 12.3. The van der Waals surface area contributed by atoms with Crippen LogP contribution in [0.5, 0.6) is 0 Å². The number of rotatable bonds is 6. The van der Waals surface area contributed by atoms with Crippen molar-refractivity contribution in [2.24, 2.45) is 5.92 Å². The number of aliphatic hydroxyl groups excluding tert-OH is 1. The minimum absolute atomic E-state index is 0.0444. The second-order valence-corrected chi connectivity index (χ2v) is 4.94. The zero-order valence-electron chi connectivity index (χ0n) is 10.5. The Labute approximate surface area is 100 Å². The molecule has 1 amide bonds. The van der Waals surface area contributed by atoms with Gasteiger partial charge in [0.15, 0.2) is 0 Å². The summed E-state index contributed by atoms with van der Waals surface area (Å²) in [6.45, 7) is 3.09. The van der Waals surface area contributed by atoms with E-state index in [1.54, 1.807) is 20.8 Å². The first-order chi connectivity index (χ1) is 7.82. The quantitative estimate of drug-likeness (QED) is 0.759. The highest BCUT2D eigenvalue weighted by atomic mass is 19.1. The number of carbonyl (C=O) groups is 1. The van der Waals surface area contributed by atoms with Crippen LogP contribution in [-0.2, 0) is 4.74 Å². The minimum atomic E-state index is -0.816. The largest absolute Gasteiger partial charge is 0.444 e. The zero-order chi connectivity index (χ0) is 13.5. The van der Waals surface area contributed by atoms with Crippen molar-refractivity contribution in [3.05, 3.63) is 0 Å². The van der Waals surface area contributed by atoms with Gasteiger partial charge in [-0.25, -0.2) is 4.79 Å². The van der Waals surface area contributed by atoms with E-state index in [2.05, 4.69) is 5.32 Å². The fourth-order valence-electron chi connectivity index (χ4n) is 1.22. The van der Waals surface area contributed by atoms with E-state index in [1.807, 2.05) is 0 Å². The number of ether oxygens (including phenoxy) is 1. The third-order valence-corrected chi connectivity index (χ3v) is 2.00. The molecular formula is C11H21F2NO3. The number of hydrogen-bond donors (Lipinski definition) is 2. The lowest BCUT2D eigenvalue weighted by molar-refractivity contribution is 0.0467. The van der Waals surface area contributed by atoms with Crippen LogP contribution in [0.3, 0.4) is 0 Å². The summed E-state index contributed by atoms with van der Waals surface area (Å²) < 4.78 is 29.6. The van der Waals surface area contributed by atoms with Crippen molar-refractivity contribution >= 4 is 6.09 Å². The topological polar surface area (TPSA) is 58.6 Å². The summed E-state index contributed by atoms with van der Waals surface area (Å²) in [5.74, 6) is -0.804. The Morgan fingerprint density at radius 3 is 2.24 bits per heavy atom. The Bertz CT molecular complexity index is 227. The molecule has 0 aromatic heterocycles. The lowest BCUT2D eigenvalue weighted by Gasteiger charge is -2.23. The molecule has 6 heteroatoms. The van der Waals surface area contributed by atoms with Crippen molar-refractivity contribution < 1.29 is 23.4 Å². The van der Waals surface area contributed by atoms with Gasteiger partial charge < -0.3 is 15.2 Å². The molecule has 102 valence electrons. The molecule has 0 fully saturated rings. The van der Waals surface area contributed by atoms with Crippen LogP contribution in [0.25, 0.3) is 0 Å². The van der Waals surface area contributed by atoms with E-state index in [9.17, 15) is 13.6 Å². The highest BCUT2D eigenvalue weighted by Crippen LogP contribution is 2.10. The number of alkyl carbamates (subject to hydrolysis) is 1. The lowest BCUT2D eigenvalue weighted by Crippen LogP contribution is -2.42. The van der Waals surface area contributed by atoms with Crippen molar-refractivity contribution in [2.75, 3.05) is 20.0 Å². The summed E-state index contributed by atoms with van der Waals surface area (Å²) in [4.78, 5) is 11.4. The SMILES string of the molecule is CC(C)(C)OC(=O)NC(CO)CC(CF)CF. The summed E-state index contributed by atoms with van der Waals surface area (Å²) in [7, 11) is 0. The van der Waals surface area contributed by atoms with Gasteiger partial charge in [-0.2, -0.15) is 0 Å². The predicted octanol–water partition coefficient (Wildman–Crippen LogP) is 1.82. The molecule has 0 aliphatic carbocycles. The monoisotopic (exact) mass is 253 g/mol. The molecule has 0 spiro atoms. The minimum Gasteiger partial charge on any atom is -0.444 e. The zero-order valence-corrected chi connectivity index (χ0v) is 10.5. The number of halogens is 2. The number of amides is 1. The maximum atomic E-state index is 12.3. The van der Waals surface area contributed by atoms with Crippen LogP contribution in [0.15, 0.2) is 0 Å². The van der Waals surface area contributed by atoms with Crippen molar-refractivity contribution in [1.82, 2.24) is 5.32 Å². The van der Waals surface area contributed by atoms with Gasteiger partial charge in [0, 0.05) is 5.92 Å². The van der Waals surface area contributed by atoms with Gasteiger partial charge in [-0.15, -0.1) is 0 Å². The molecule has 0 saturated heterocycles. The molecule has 1 unspecified atom stereocenters. The average Bonchev–Trinajstić information content (AvgIpc) is 2.21. The van der Waals surface area contributed by atoms with Crippen LogP contribution in [0, 0.1) is 5.92 Å².